The maximum Gasteiger partial charge on any atom is 0.254 e. The van der Waals surface area contributed by atoms with Crippen LogP contribution in [0.2, 0.25) is 0 Å². The van der Waals surface area contributed by atoms with Crippen LogP contribution in [0.25, 0.3) is 0 Å². The van der Waals surface area contributed by atoms with Crippen LogP contribution in [0, 0.1) is 0 Å². The summed E-state index contributed by atoms with van der Waals surface area (Å²) in [4.78, 5) is 11.4. The van der Waals surface area contributed by atoms with Crippen molar-refractivity contribution in [3.05, 3.63) is 29.8 Å². The summed E-state index contributed by atoms with van der Waals surface area (Å²) in [6, 6.07) is 6.38. The highest BCUT2D eigenvalue weighted by atomic mass is 35.5. The van der Waals surface area contributed by atoms with Gasteiger partial charge in [-0.2, -0.15) is 0 Å². The second-order valence-corrected chi connectivity index (χ2v) is 8.98. The fourth-order valence-electron chi connectivity index (χ4n) is 2.72. The molecule has 0 aliphatic heterocycles. The van der Waals surface area contributed by atoms with E-state index in [1.165, 1.54) is 38.2 Å². The van der Waals surface area contributed by atoms with Gasteiger partial charge in [-0.15, -0.1) is 0 Å². The highest BCUT2D eigenvalue weighted by Crippen LogP contribution is 2.21. The number of halogens is 1. The number of para-hydroxylation sites is 1. The predicted octanol–water partition coefficient (Wildman–Crippen LogP) is 5.73. The first-order valence-corrected chi connectivity index (χ1v) is 11.1. The van der Waals surface area contributed by atoms with Crippen LogP contribution < -0.4 is 4.72 Å². The first-order chi connectivity index (χ1) is 11.9. The second-order valence-electron chi connectivity index (χ2n) is 6.54. The number of hydrogen-bond donors (Lipinski definition) is 1. The molecule has 0 radical (unpaired) electrons. The van der Waals surface area contributed by atoms with Crippen molar-refractivity contribution in [3.8, 4) is 0 Å². The lowest BCUT2D eigenvalue weighted by molar-refractivity contribution is 0.108. The number of rotatable bonds is 13. The second kappa shape index (κ2) is 11.5. The van der Waals surface area contributed by atoms with Gasteiger partial charge >= 0.3 is 0 Å². The molecule has 1 atom stereocenters. The fourth-order valence-corrected chi connectivity index (χ4v) is 4.05. The van der Waals surface area contributed by atoms with Crippen molar-refractivity contribution in [1.82, 2.24) is 0 Å². The number of carbonyl (C=O) groups excluding carboxylic acids is 1. The van der Waals surface area contributed by atoms with Gasteiger partial charge in [0.15, 0.2) is 0 Å². The molecule has 1 aromatic rings. The van der Waals surface area contributed by atoms with E-state index in [-0.39, 0.29) is 11.3 Å². The summed E-state index contributed by atoms with van der Waals surface area (Å²) in [6.07, 6.45) is 10.1. The first-order valence-electron chi connectivity index (χ1n) is 9.19. The Hall–Kier alpha value is -1.07. The minimum absolute atomic E-state index is 0.173. The van der Waals surface area contributed by atoms with Gasteiger partial charge in [0.05, 0.1) is 16.5 Å². The lowest BCUT2D eigenvalue weighted by Crippen LogP contribution is -2.26. The number of hydrogen-bond acceptors (Lipinski definition) is 3. The zero-order chi connectivity index (χ0) is 18.7. The quantitative estimate of drug-likeness (QED) is 0.347. The summed E-state index contributed by atoms with van der Waals surface area (Å²) in [5, 5.41) is -1.18. The van der Waals surface area contributed by atoms with Gasteiger partial charge in [0, 0.05) is 0 Å². The van der Waals surface area contributed by atoms with Gasteiger partial charge in [0.25, 0.3) is 5.24 Å². The van der Waals surface area contributed by atoms with Gasteiger partial charge in [-0.25, -0.2) is 8.42 Å². The zero-order valence-corrected chi connectivity index (χ0v) is 16.8. The molecule has 0 aliphatic carbocycles. The monoisotopic (exact) mass is 387 g/mol. The summed E-state index contributed by atoms with van der Waals surface area (Å²) >= 11 is 5.51. The normalized spacial score (nSPS) is 12.8. The van der Waals surface area contributed by atoms with E-state index >= 15 is 0 Å². The smallest absolute Gasteiger partial charge is 0.254 e. The molecule has 0 heterocycles. The number of nitrogens with one attached hydrogen (secondary N) is 1. The molecule has 1 unspecified atom stereocenters. The van der Waals surface area contributed by atoms with Crippen molar-refractivity contribution < 1.29 is 13.2 Å². The van der Waals surface area contributed by atoms with Crippen LogP contribution in [0.15, 0.2) is 24.3 Å². The van der Waals surface area contributed by atoms with E-state index in [0.29, 0.717) is 6.42 Å². The predicted molar refractivity (Wildman–Crippen MR) is 106 cm³/mol. The molecule has 6 heteroatoms. The Kier molecular flexibility index (Phi) is 10.1. The van der Waals surface area contributed by atoms with Crippen molar-refractivity contribution in [2.75, 3.05) is 4.72 Å². The Labute approximate surface area is 157 Å². The Morgan fingerprint density at radius 2 is 1.60 bits per heavy atom. The Balaban J connectivity index is 2.42. The molecule has 0 aromatic heterocycles. The maximum absolute atomic E-state index is 12.4. The van der Waals surface area contributed by atoms with Crippen LogP contribution in [0.5, 0.6) is 0 Å². The van der Waals surface area contributed by atoms with Crippen molar-refractivity contribution in [2.24, 2.45) is 0 Å². The SMILES string of the molecule is CCCCCCCCCCC(C)S(=O)(=O)Nc1ccccc1C(=O)Cl. The fraction of sp³-hybridized carbons (Fsp3) is 0.632. The Morgan fingerprint density at radius 3 is 2.20 bits per heavy atom. The molecule has 25 heavy (non-hydrogen) atoms. The van der Waals surface area contributed by atoms with E-state index in [9.17, 15) is 13.2 Å². The molecule has 1 N–H and O–H groups in total. The van der Waals surface area contributed by atoms with Gasteiger partial charge in [-0.1, -0.05) is 70.4 Å². The van der Waals surface area contributed by atoms with Crippen LogP contribution in [-0.4, -0.2) is 18.9 Å². The maximum atomic E-state index is 12.4. The third-order valence-corrected chi connectivity index (χ3v) is 6.39. The molecule has 4 nitrogen and oxygen atoms in total. The molecule has 1 rings (SSSR count). The number of carbonyl (C=O) groups is 1. The van der Waals surface area contributed by atoms with E-state index in [1.54, 1.807) is 25.1 Å². The van der Waals surface area contributed by atoms with Crippen LogP contribution in [-0.2, 0) is 10.0 Å². The highest BCUT2D eigenvalue weighted by Gasteiger charge is 2.22. The van der Waals surface area contributed by atoms with Crippen LogP contribution >= 0.6 is 11.6 Å². The molecule has 0 bridgehead atoms. The van der Waals surface area contributed by atoms with E-state index in [0.717, 1.165) is 19.3 Å². The topological polar surface area (TPSA) is 63.2 Å². The summed E-state index contributed by atoms with van der Waals surface area (Å²) in [6.45, 7) is 3.91. The molecule has 0 spiro atoms. The molecule has 0 aliphatic rings. The third kappa shape index (κ3) is 8.23. The van der Waals surface area contributed by atoms with Crippen molar-refractivity contribution in [2.45, 2.75) is 76.9 Å². The molecular formula is C19H30ClNO3S. The van der Waals surface area contributed by atoms with E-state index in [2.05, 4.69) is 11.6 Å². The van der Waals surface area contributed by atoms with Crippen molar-refractivity contribution in [3.63, 3.8) is 0 Å². The third-order valence-electron chi connectivity index (χ3n) is 4.38. The summed E-state index contributed by atoms with van der Waals surface area (Å²) in [5.41, 5.74) is 0.414. The number of unbranched alkanes of at least 4 members (excludes halogenated alkanes) is 7. The zero-order valence-electron chi connectivity index (χ0n) is 15.3. The number of benzene rings is 1. The number of sulfonamides is 1. The number of anilines is 1. The van der Waals surface area contributed by atoms with Crippen LogP contribution in [0.3, 0.4) is 0 Å². The summed E-state index contributed by atoms with van der Waals surface area (Å²) in [5.74, 6) is 0. The first kappa shape index (κ1) is 22.0. The minimum atomic E-state index is -3.53. The molecular weight excluding hydrogens is 358 g/mol. The molecule has 0 amide bonds. The molecule has 0 saturated carbocycles. The van der Waals surface area contributed by atoms with Gasteiger partial charge in [0.1, 0.15) is 0 Å². The molecule has 142 valence electrons. The lowest BCUT2D eigenvalue weighted by atomic mass is 10.1. The average Bonchev–Trinajstić information content (AvgIpc) is 2.57. The Bertz CT molecular complexity index is 631. The standard InChI is InChI=1S/C19H30ClNO3S/c1-3-4-5-6-7-8-9-10-13-16(2)25(23,24)21-18-15-12-11-14-17(18)19(20)22/h11-12,14-16,21H,3-10,13H2,1-2H3. The van der Waals surface area contributed by atoms with E-state index in [1.807, 2.05) is 0 Å². The molecule has 0 fully saturated rings. The Morgan fingerprint density at radius 1 is 1.04 bits per heavy atom. The van der Waals surface area contributed by atoms with Gasteiger partial charge in [-0.05, 0) is 37.1 Å². The van der Waals surface area contributed by atoms with Crippen molar-refractivity contribution >= 4 is 32.6 Å². The lowest BCUT2D eigenvalue weighted by Gasteiger charge is -2.16. The van der Waals surface area contributed by atoms with Gasteiger partial charge in [0.2, 0.25) is 10.0 Å². The molecule has 0 saturated heterocycles. The van der Waals surface area contributed by atoms with Crippen LogP contribution in [0.1, 0.15) is 82.0 Å². The van der Waals surface area contributed by atoms with E-state index < -0.39 is 20.5 Å². The minimum Gasteiger partial charge on any atom is -0.283 e. The van der Waals surface area contributed by atoms with Gasteiger partial charge < -0.3 is 0 Å². The average molecular weight is 388 g/mol. The summed E-state index contributed by atoms with van der Waals surface area (Å²) in [7, 11) is -3.53. The largest absolute Gasteiger partial charge is 0.283 e. The summed E-state index contributed by atoms with van der Waals surface area (Å²) < 4.78 is 27.4. The molecule has 1 aromatic carbocycles. The van der Waals surface area contributed by atoms with E-state index in [4.69, 9.17) is 11.6 Å². The highest BCUT2D eigenvalue weighted by molar-refractivity contribution is 7.93. The van der Waals surface area contributed by atoms with Gasteiger partial charge in [-0.3, -0.25) is 9.52 Å². The van der Waals surface area contributed by atoms with Crippen molar-refractivity contribution in [1.29, 1.82) is 0 Å². The van der Waals surface area contributed by atoms with Crippen LogP contribution in [0.4, 0.5) is 5.69 Å².